The molecule has 0 unspecified atom stereocenters. The zero-order chi connectivity index (χ0) is 27.1. The van der Waals surface area contributed by atoms with Gasteiger partial charge in [-0.15, -0.1) is 0 Å². The lowest BCUT2D eigenvalue weighted by molar-refractivity contribution is -0.152. The van der Waals surface area contributed by atoms with Crippen molar-refractivity contribution in [2.75, 3.05) is 26.6 Å². The van der Waals surface area contributed by atoms with E-state index in [-0.39, 0.29) is 17.6 Å². The van der Waals surface area contributed by atoms with Crippen molar-refractivity contribution >= 4 is 5.97 Å². The average Bonchev–Trinajstić information content (AvgIpc) is 2.76. The van der Waals surface area contributed by atoms with E-state index in [1.165, 1.54) is 13.8 Å². The van der Waals surface area contributed by atoms with Gasteiger partial charge in [-0.25, -0.2) is 4.79 Å². The van der Waals surface area contributed by atoms with E-state index in [0.29, 0.717) is 31.3 Å². The monoisotopic (exact) mass is 502 g/mol. The maximum absolute atomic E-state index is 11.2. The van der Waals surface area contributed by atoms with E-state index >= 15 is 0 Å². The second kappa shape index (κ2) is 11.9. The van der Waals surface area contributed by atoms with E-state index in [9.17, 15) is 9.90 Å². The summed E-state index contributed by atoms with van der Waals surface area (Å²) in [4.78, 5) is 11.2. The highest BCUT2D eigenvalue weighted by atomic mass is 16.7. The van der Waals surface area contributed by atoms with Gasteiger partial charge >= 0.3 is 5.97 Å². The predicted molar refractivity (Wildman–Crippen MR) is 141 cm³/mol. The van der Waals surface area contributed by atoms with Crippen molar-refractivity contribution in [1.82, 2.24) is 0 Å². The lowest BCUT2D eigenvalue weighted by atomic mass is 9.79. The van der Waals surface area contributed by atoms with Crippen LogP contribution < -0.4 is 18.9 Å². The minimum atomic E-state index is -1.31. The first-order valence-electron chi connectivity index (χ1n) is 12.3. The molecule has 0 heterocycles. The van der Waals surface area contributed by atoms with Gasteiger partial charge in [-0.2, -0.15) is 0 Å². The zero-order valence-corrected chi connectivity index (χ0v) is 23.2. The van der Waals surface area contributed by atoms with Crippen molar-refractivity contribution in [3.05, 3.63) is 47.5 Å². The van der Waals surface area contributed by atoms with Gasteiger partial charge < -0.3 is 28.8 Å². The summed E-state index contributed by atoms with van der Waals surface area (Å²) in [5.74, 6) is 1.68. The Kier molecular flexibility index (Phi) is 9.66. The first-order chi connectivity index (χ1) is 16.6. The van der Waals surface area contributed by atoms with Crippen LogP contribution in [0.15, 0.2) is 36.4 Å². The maximum atomic E-state index is 11.2. The van der Waals surface area contributed by atoms with Gasteiger partial charge in [0.1, 0.15) is 36.2 Å². The van der Waals surface area contributed by atoms with Gasteiger partial charge in [0.2, 0.25) is 0 Å². The third-order valence-corrected chi connectivity index (χ3v) is 5.50. The molecule has 36 heavy (non-hydrogen) atoms. The standard InChI is InChI=1S/C29H42O7/c1-10-32-19-35-25-23(27(2,3)4)17-22(18-24(25)28(5,6)7)34-16-15-33-20-11-13-21(14-12-20)36-29(8,9)26(30)31/h11-14,17-18H,10,15-16,19H2,1-9H3,(H,30,31). The Morgan fingerprint density at radius 2 is 1.22 bits per heavy atom. The van der Waals surface area contributed by atoms with Crippen LogP contribution in [0.1, 0.15) is 73.4 Å². The molecule has 2 aromatic carbocycles. The molecular formula is C29H42O7. The van der Waals surface area contributed by atoms with Crippen LogP contribution in [0.2, 0.25) is 0 Å². The van der Waals surface area contributed by atoms with E-state index in [1.807, 2.05) is 19.1 Å². The molecule has 0 bridgehead atoms. The molecule has 0 atom stereocenters. The van der Waals surface area contributed by atoms with Gasteiger partial charge in [-0.3, -0.25) is 0 Å². The quantitative estimate of drug-likeness (QED) is 0.267. The Morgan fingerprint density at radius 3 is 1.67 bits per heavy atom. The summed E-state index contributed by atoms with van der Waals surface area (Å²) < 4.78 is 29.0. The number of carboxylic acids is 1. The number of ether oxygens (including phenoxy) is 5. The van der Waals surface area contributed by atoms with Gasteiger partial charge in [-0.05, 0) is 68.0 Å². The molecule has 7 heteroatoms. The van der Waals surface area contributed by atoms with Crippen molar-refractivity contribution in [2.45, 2.75) is 78.7 Å². The van der Waals surface area contributed by atoms with Gasteiger partial charge in [0, 0.05) is 17.7 Å². The Hall–Kier alpha value is -2.93. The summed E-state index contributed by atoms with van der Waals surface area (Å²) in [5, 5.41) is 9.21. The van der Waals surface area contributed by atoms with Crippen LogP contribution in [-0.4, -0.2) is 43.3 Å². The maximum Gasteiger partial charge on any atom is 0.347 e. The Bertz CT molecular complexity index is 961. The van der Waals surface area contributed by atoms with Crippen molar-refractivity contribution in [2.24, 2.45) is 0 Å². The second-order valence-corrected chi connectivity index (χ2v) is 11.2. The summed E-state index contributed by atoms with van der Waals surface area (Å²) in [5.41, 5.74) is 0.501. The molecule has 0 saturated heterocycles. The molecule has 0 fully saturated rings. The summed E-state index contributed by atoms with van der Waals surface area (Å²) in [6.45, 7) is 19.4. The Morgan fingerprint density at radius 1 is 0.750 bits per heavy atom. The highest BCUT2D eigenvalue weighted by Crippen LogP contribution is 2.42. The Balaban J connectivity index is 2.10. The molecule has 0 aliphatic heterocycles. The molecule has 0 amide bonds. The Labute approximate surface area is 215 Å². The number of hydrogen-bond donors (Lipinski definition) is 1. The molecular weight excluding hydrogens is 460 g/mol. The van der Waals surface area contributed by atoms with Crippen LogP contribution in [0.3, 0.4) is 0 Å². The topological polar surface area (TPSA) is 83.5 Å². The van der Waals surface area contributed by atoms with E-state index in [0.717, 1.165) is 22.6 Å². The van der Waals surface area contributed by atoms with Crippen molar-refractivity contribution in [1.29, 1.82) is 0 Å². The van der Waals surface area contributed by atoms with E-state index < -0.39 is 11.6 Å². The molecule has 7 nitrogen and oxygen atoms in total. The van der Waals surface area contributed by atoms with Crippen LogP contribution in [0.5, 0.6) is 23.0 Å². The summed E-state index contributed by atoms with van der Waals surface area (Å²) >= 11 is 0. The summed E-state index contributed by atoms with van der Waals surface area (Å²) in [6, 6.07) is 10.9. The van der Waals surface area contributed by atoms with Gasteiger partial charge in [0.15, 0.2) is 12.4 Å². The first kappa shape index (κ1) is 29.3. The average molecular weight is 503 g/mol. The van der Waals surface area contributed by atoms with Crippen molar-refractivity contribution in [3.63, 3.8) is 0 Å². The van der Waals surface area contributed by atoms with E-state index in [2.05, 4.69) is 41.5 Å². The molecule has 200 valence electrons. The minimum absolute atomic E-state index is 0.156. The van der Waals surface area contributed by atoms with E-state index in [1.54, 1.807) is 24.3 Å². The number of carbonyl (C=O) groups is 1. The third kappa shape index (κ3) is 8.33. The molecule has 0 aliphatic rings. The van der Waals surface area contributed by atoms with Crippen molar-refractivity contribution in [3.8, 4) is 23.0 Å². The SMILES string of the molecule is CCOCOc1c(C(C)(C)C)cc(OCCOc2ccc(OC(C)(C)C(=O)O)cc2)cc1C(C)(C)C. The molecule has 1 N–H and O–H groups in total. The smallest absolute Gasteiger partial charge is 0.347 e. The van der Waals surface area contributed by atoms with Crippen LogP contribution in [0, 0.1) is 0 Å². The second-order valence-electron chi connectivity index (χ2n) is 11.2. The fraction of sp³-hybridized carbons (Fsp3) is 0.552. The van der Waals surface area contributed by atoms with E-state index in [4.69, 9.17) is 23.7 Å². The normalized spacial score (nSPS) is 12.2. The lowest BCUT2D eigenvalue weighted by Crippen LogP contribution is -2.37. The minimum Gasteiger partial charge on any atom is -0.490 e. The fourth-order valence-electron chi connectivity index (χ4n) is 3.40. The first-order valence-corrected chi connectivity index (χ1v) is 12.3. The molecule has 0 aromatic heterocycles. The molecule has 0 radical (unpaired) electrons. The number of carboxylic acid groups (broad SMARTS) is 1. The van der Waals surface area contributed by atoms with Crippen LogP contribution in [0.4, 0.5) is 0 Å². The number of aliphatic carboxylic acids is 1. The molecule has 0 saturated carbocycles. The van der Waals surface area contributed by atoms with Crippen LogP contribution in [-0.2, 0) is 20.4 Å². The highest BCUT2D eigenvalue weighted by molar-refractivity contribution is 5.76. The largest absolute Gasteiger partial charge is 0.490 e. The molecule has 2 rings (SSSR count). The lowest BCUT2D eigenvalue weighted by Gasteiger charge is -2.30. The van der Waals surface area contributed by atoms with Gasteiger partial charge in [0.05, 0.1) is 0 Å². The third-order valence-electron chi connectivity index (χ3n) is 5.50. The van der Waals surface area contributed by atoms with Gasteiger partial charge in [0.25, 0.3) is 0 Å². The zero-order valence-electron chi connectivity index (χ0n) is 23.2. The summed E-state index contributed by atoms with van der Waals surface area (Å²) in [7, 11) is 0. The highest BCUT2D eigenvalue weighted by Gasteiger charge is 2.30. The molecule has 0 aliphatic carbocycles. The van der Waals surface area contributed by atoms with Crippen molar-refractivity contribution < 1.29 is 33.6 Å². The number of rotatable bonds is 12. The molecule has 0 spiro atoms. The fourth-order valence-corrected chi connectivity index (χ4v) is 3.40. The van der Waals surface area contributed by atoms with Crippen LogP contribution >= 0.6 is 0 Å². The molecule has 2 aromatic rings. The number of benzene rings is 2. The number of hydrogen-bond acceptors (Lipinski definition) is 6. The summed E-state index contributed by atoms with van der Waals surface area (Å²) in [6.07, 6.45) is 0. The van der Waals surface area contributed by atoms with Gasteiger partial charge in [-0.1, -0.05) is 41.5 Å². The van der Waals surface area contributed by atoms with Crippen LogP contribution in [0.25, 0.3) is 0 Å². The predicted octanol–water partition coefficient (Wildman–Crippen LogP) is 6.35.